The molecule has 0 aliphatic heterocycles. The van der Waals surface area contributed by atoms with Crippen LogP contribution in [-0.2, 0) is 0 Å². The average molecular weight is 187 g/mol. The Bertz CT molecular complexity index is 87.8. The first kappa shape index (κ1) is 13.1. The highest BCUT2D eigenvalue weighted by atomic mass is 35.5. The molecule has 1 rings (SSSR count). The highest BCUT2D eigenvalue weighted by Crippen LogP contribution is 2.27. The van der Waals surface area contributed by atoms with Gasteiger partial charge in [-0.05, 0) is 26.4 Å². The van der Waals surface area contributed by atoms with Gasteiger partial charge < -0.3 is 10.6 Å². The number of halogens is 2. The summed E-state index contributed by atoms with van der Waals surface area (Å²) >= 11 is 0. The molecule has 0 amide bonds. The van der Waals surface area contributed by atoms with E-state index in [1.165, 1.54) is 13.0 Å². The van der Waals surface area contributed by atoms with Gasteiger partial charge >= 0.3 is 0 Å². The summed E-state index contributed by atoms with van der Waals surface area (Å²) in [6.07, 6.45) is 1.23. The third-order valence-corrected chi connectivity index (χ3v) is 1.58. The maximum Gasteiger partial charge on any atom is 0.00836 e. The SMILES string of the molecule is CN(C)C[C@@H]1C[C@H]1N.Cl.Cl. The van der Waals surface area contributed by atoms with E-state index in [0.717, 1.165) is 5.92 Å². The Morgan fingerprint density at radius 2 is 1.80 bits per heavy atom. The van der Waals surface area contributed by atoms with E-state index < -0.39 is 0 Å². The standard InChI is InChI=1S/C6H14N2.2ClH/c1-8(2)4-5-3-6(5)7;;/h5-6H,3-4,7H2,1-2H3;2*1H/t5-,6+;;/m0../s1. The van der Waals surface area contributed by atoms with Crippen molar-refractivity contribution < 1.29 is 0 Å². The van der Waals surface area contributed by atoms with Crippen LogP contribution in [0, 0.1) is 5.92 Å². The van der Waals surface area contributed by atoms with E-state index in [2.05, 4.69) is 19.0 Å². The topological polar surface area (TPSA) is 29.3 Å². The van der Waals surface area contributed by atoms with Gasteiger partial charge in [0.25, 0.3) is 0 Å². The summed E-state index contributed by atoms with van der Waals surface area (Å²) in [7, 11) is 4.18. The Morgan fingerprint density at radius 3 is 1.90 bits per heavy atom. The fourth-order valence-corrected chi connectivity index (χ4v) is 0.950. The first-order chi connectivity index (χ1) is 3.70. The van der Waals surface area contributed by atoms with E-state index in [9.17, 15) is 0 Å². The molecule has 0 spiro atoms. The molecule has 0 aromatic rings. The second kappa shape index (κ2) is 5.19. The summed E-state index contributed by atoms with van der Waals surface area (Å²) in [6, 6.07) is 0.511. The Kier molecular flexibility index (Phi) is 6.81. The van der Waals surface area contributed by atoms with Crippen molar-refractivity contribution in [3.05, 3.63) is 0 Å². The zero-order valence-corrected chi connectivity index (χ0v) is 8.04. The van der Waals surface area contributed by atoms with Crippen molar-refractivity contribution in [2.24, 2.45) is 11.7 Å². The van der Waals surface area contributed by atoms with Crippen LogP contribution in [0.5, 0.6) is 0 Å². The van der Waals surface area contributed by atoms with Gasteiger partial charge in [0, 0.05) is 12.6 Å². The molecule has 1 aliphatic rings. The first-order valence-electron chi connectivity index (χ1n) is 3.10. The molecule has 0 unspecified atom stereocenters. The Hall–Kier alpha value is 0.500. The predicted octanol–water partition coefficient (Wildman–Crippen LogP) is 0.739. The van der Waals surface area contributed by atoms with Gasteiger partial charge in [0.1, 0.15) is 0 Å². The molecule has 1 aliphatic carbocycles. The fourth-order valence-electron chi connectivity index (χ4n) is 0.950. The van der Waals surface area contributed by atoms with Gasteiger partial charge in [-0.3, -0.25) is 0 Å². The summed E-state index contributed by atoms with van der Waals surface area (Å²) < 4.78 is 0. The third kappa shape index (κ3) is 4.34. The van der Waals surface area contributed by atoms with E-state index in [0.29, 0.717) is 6.04 Å². The molecule has 2 nitrogen and oxygen atoms in total. The molecule has 0 heterocycles. The van der Waals surface area contributed by atoms with Crippen LogP contribution in [0.1, 0.15) is 6.42 Å². The van der Waals surface area contributed by atoms with Crippen molar-refractivity contribution in [3.63, 3.8) is 0 Å². The lowest BCUT2D eigenvalue weighted by molar-refractivity contribution is 0.385. The molecule has 0 radical (unpaired) electrons. The van der Waals surface area contributed by atoms with Crippen LogP contribution in [0.2, 0.25) is 0 Å². The smallest absolute Gasteiger partial charge is 0.00836 e. The second-order valence-electron chi connectivity index (χ2n) is 2.92. The number of nitrogens with two attached hydrogens (primary N) is 1. The quantitative estimate of drug-likeness (QED) is 0.690. The second-order valence-corrected chi connectivity index (χ2v) is 2.92. The van der Waals surface area contributed by atoms with E-state index >= 15 is 0 Å². The maximum atomic E-state index is 5.59. The molecular weight excluding hydrogens is 171 g/mol. The molecule has 0 aromatic heterocycles. The molecule has 0 saturated heterocycles. The lowest BCUT2D eigenvalue weighted by atomic mass is 10.4. The summed E-state index contributed by atoms with van der Waals surface area (Å²) in [6.45, 7) is 1.17. The minimum Gasteiger partial charge on any atom is -0.327 e. The highest BCUT2D eigenvalue weighted by Gasteiger charge is 2.33. The van der Waals surface area contributed by atoms with E-state index in [1.807, 2.05) is 0 Å². The number of nitrogens with zero attached hydrogens (tertiary/aromatic N) is 1. The van der Waals surface area contributed by atoms with E-state index in [1.54, 1.807) is 0 Å². The summed E-state index contributed by atoms with van der Waals surface area (Å²) in [5.41, 5.74) is 5.59. The number of hydrogen-bond acceptors (Lipinski definition) is 2. The zero-order chi connectivity index (χ0) is 6.15. The molecule has 1 saturated carbocycles. The van der Waals surface area contributed by atoms with Crippen LogP contribution < -0.4 is 5.73 Å². The molecule has 0 aromatic carbocycles. The first-order valence-corrected chi connectivity index (χ1v) is 3.10. The molecule has 2 N–H and O–H groups in total. The van der Waals surface area contributed by atoms with Gasteiger partial charge in [-0.15, -0.1) is 24.8 Å². The van der Waals surface area contributed by atoms with Gasteiger partial charge in [-0.25, -0.2) is 0 Å². The molecule has 0 bridgehead atoms. The van der Waals surface area contributed by atoms with Crippen molar-refractivity contribution in [2.75, 3.05) is 20.6 Å². The fraction of sp³-hybridized carbons (Fsp3) is 1.00. The van der Waals surface area contributed by atoms with Crippen molar-refractivity contribution in [1.82, 2.24) is 4.90 Å². The molecule has 4 heteroatoms. The summed E-state index contributed by atoms with van der Waals surface area (Å²) in [5, 5.41) is 0. The van der Waals surface area contributed by atoms with Crippen LogP contribution in [0.25, 0.3) is 0 Å². The number of rotatable bonds is 2. The van der Waals surface area contributed by atoms with Crippen LogP contribution in [0.3, 0.4) is 0 Å². The summed E-state index contributed by atoms with van der Waals surface area (Å²) in [5.74, 6) is 0.796. The molecular formula is C6H16Cl2N2. The predicted molar refractivity (Wildman–Crippen MR) is 49.1 cm³/mol. The highest BCUT2D eigenvalue weighted by molar-refractivity contribution is 5.85. The molecule has 10 heavy (non-hydrogen) atoms. The molecule has 1 fully saturated rings. The van der Waals surface area contributed by atoms with Crippen LogP contribution in [0.15, 0.2) is 0 Å². The van der Waals surface area contributed by atoms with Crippen LogP contribution in [0.4, 0.5) is 0 Å². The van der Waals surface area contributed by atoms with Gasteiger partial charge in [-0.2, -0.15) is 0 Å². The molecule has 64 valence electrons. The van der Waals surface area contributed by atoms with Gasteiger partial charge in [0.05, 0.1) is 0 Å². The minimum absolute atomic E-state index is 0. The monoisotopic (exact) mass is 186 g/mol. The zero-order valence-electron chi connectivity index (χ0n) is 6.41. The van der Waals surface area contributed by atoms with Crippen molar-refractivity contribution in [3.8, 4) is 0 Å². The lowest BCUT2D eigenvalue weighted by Crippen LogP contribution is -2.18. The lowest BCUT2D eigenvalue weighted by Gasteiger charge is -2.06. The van der Waals surface area contributed by atoms with Gasteiger partial charge in [0.15, 0.2) is 0 Å². The van der Waals surface area contributed by atoms with Crippen LogP contribution in [-0.4, -0.2) is 31.6 Å². The van der Waals surface area contributed by atoms with Crippen molar-refractivity contribution >= 4 is 24.8 Å². The van der Waals surface area contributed by atoms with Crippen molar-refractivity contribution in [1.29, 1.82) is 0 Å². The minimum atomic E-state index is 0. The van der Waals surface area contributed by atoms with Gasteiger partial charge in [-0.1, -0.05) is 0 Å². The Morgan fingerprint density at radius 1 is 1.40 bits per heavy atom. The largest absolute Gasteiger partial charge is 0.327 e. The van der Waals surface area contributed by atoms with Crippen LogP contribution >= 0.6 is 24.8 Å². The average Bonchev–Trinajstić information content (AvgIpc) is 2.17. The summed E-state index contributed by atoms with van der Waals surface area (Å²) in [4.78, 5) is 2.19. The molecule has 2 atom stereocenters. The third-order valence-electron chi connectivity index (χ3n) is 1.58. The van der Waals surface area contributed by atoms with Crippen molar-refractivity contribution in [2.45, 2.75) is 12.5 Å². The van der Waals surface area contributed by atoms with Gasteiger partial charge in [0.2, 0.25) is 0 Å². The normalized spacial score (nSPS) is 28.8. The Balaban J connectivity index is 0. The van der Waals surface area contributed by atoms with E-state index in [4.69, 9.17) is 5.73 Å². The van der Waals surface area contributed by atoms with E-state index in [-0.39, 0.29) is 24.8 Å². The maximum absolute atomic E-state index is 5.59. The Labute approximate surface area is 75.0 Å². The number of hydrogen-bond donors (Lipinski definition) is 1.